The highest BCUT2D eigenvalue weighted by Crippen LogP contribution is 2.48. The van der Waals surface area contributed by atoms with Crippen LogP contribution in [0.5, 0.6) is 0 Å². The van der Waals surface area contributed by atoms with E-state index in [0.29, 0.717) is 6.42 Å². The second-order valence-corrected chi connectivity index (χ2v) is 5.82. The summed E-state index contributed by atoms with van der Waals surface area (Å²) < 4.78 is 0. The lowest BCUT2D eigenvalue weighted by Gasteiger charge is -2.36. The molecule has 0 spiro atoms. The third-order valence-electron chi connectivity index (χ3n) is 3.34. The van der Waals surface area contributed by atoms with Crippen LogP contribution in [0.15, 0.2) is 0 Å². The van der Waals surface area contributed by atoms with Gasteiger partial charge in [-0.15, -0.1) is 0 Å². The van der Waals surface area contributed by atoms with Crippen LogP contribution in [-0.4, -0.2) is 16.5 Å². The van der Waals surface area contributed by atoms with E-state index in [0.717, 1.165) is 6.42 Å². The molecule has 0 aromatic heterocycles. The predicted octanol–water partition coefficient (Wildman–Crippen LogP) is 2.15. The number of ketones is 1. The molecular formula is C11H20O2. The Hall–Kier alpha value is -0.370. The molecule has 0 amide bonds. The molecule has 0 aromatic rings. The Kier molecular flexibility index (Phi) is 2.11. The summed E-state index contributed by atoms with van der Waals surface area (Å²) in [6.07, 6.45) is 1.39. The molecule has 13 heavy (non-hydrogen) atoms. The van der Waals surface area contributed by atoms with Gasteiger partial charge in [-0.3, -0.25) is 4.79 Å². The second-order valence-electron chi connectivity index (χ2n) is 5.82. The summed E-state index contributed by atoms with van der Waals surface area (Å²) in [6.45, 7) is 9.60. The van der Waals surface area contributed by atoms with Crippen LogP contribution in [0.2, 0.25) is 0 Å². The van der Waals surface area contributed by atoms with Gasteiger partial charge in [-0.05, 0) is 18.3 Å². The zero-order chi connectivity index (χ0) is 10.5. The summed E-state index contributed by atoms with van der Waals surface area (Å²) in [5, 5.41) is 10.3. The van der Waals surface area contributed by atoms with Crippen molar-refractivity contribution in [1.82, 2.24) is 0 Å². The predicted molar refractivity (Wildman–Crippen MR) is 52.4 cm³/mol. The molecule has 1 saturated carbocycles. The van der Waals surface area contributed by atoms with Crippen LogP contribution in [0.3, 0.4) is 0 Å². The molecular weight excluding hydrogens is 164 g/mol. The van der Waals surface area contributed by atoms with Crippen molar-refractivity contribution >= 4 is 5.78 Å². The molecule has 0 aromatic carbocycles. The van der Waals surface area contributed by atoms with E-state index in [-0.39, 0.29) is 16.6 Å². The van der Waals surface area contributed by atoms with E-state index in [4.69, 9.17) is 0 Å². The number of carbonyl (C=O) groups is 1. The second kappa shape index (κ2) is 2.57. The van der Waals surface area contributed by atoms with Crippen LogP contribution >= 0.6 is 0 Å². The molecule has 1 rings (SSSR count). The molecule has 1 atom stereocenters. The van der Waals surface area contributed by atoms with Crippen LogP contribution in [0.25, 0.3) is 0 Å². The Morgan fingerprint density at radius 3 is 1.85 bits per heavy atom. The Labute approximate surface area is 80.3 Å². The zero-order valence-corrected chi connectivity index (χ0v) is 9.27. The number of aliphatic hydroxyl groups is 1. The number of carbonyl (C=O) groups excluding carboxylic acids is 1. The molecule has 0 aliphatic heterocycles. The maximum Gasteiger partial charge on any atom is 0.170 e. The highest BCUT2D eigenvalue weighted by molar-refractivity contribution is 5.94. The lowest BCUT2D eigenvalue weighted by molar-refractivity contribution is -0.150. The maximum atomic E-state index is 11.9. The molecule has 0 heterocycles. The summed E-state index contributed by atoms with van der Waals surface area (Å²) in [6, 6.07) is 0. The lowest BCUT2D eigenvalue weighted by Crippen LogP contribution is -2.49. The van der Waals surface area contributed by atoms with Gasteiger partial charge in [-0.1, -0.05) is 34.6 Å². The van der Waals surface area contributed by atoms with Crippen molar-refractivity contribution in [3.05, 3.63) is 0 Å². The average molecular weight is 184 g/mol. The summed E-state index contributed by atoms with van der Waals surface area (Å²) in [5.74, 6) is 0.00694. The van der Waals surface area contributed by atoms with E-state index < -0.39 is 5.60 Å². The SMILES string of the molecule is CC1(C)CCC(O)(C(C)(C)C)C1=O. The van der Waals surface area contributed by atoms with E-state index >= 15 is 0 Å². The Morgan fingerprint density at radius 1 is 1.23 bits per heavy atom. The third-order valence-corrected chi connectivity index (χ3v) is 3.34. The first-order valence-corrected chi connectivity index (χ1v) is 4.88. The van der Waals surface area contributed by atoms with Gasteiger partial charge in [0.25, 0.3) is 0 Å². The van der Waals surface area contributed by atoms with Gasteiger partial charge in [0, 0.05) is 5.41 Å². The molecule has 1 N–H and O–H groups in total. The molecule has 1 aliphatic rings. The van der Waals surface area contributed by atoms with E-state index in [1.54, 1.807) is 0 Å². The van der Waals surface area contributed by atoms with Crippen LogP contribution in [-0.2, 0) is 4.79 Å². The summed E-state index contributed by atoms with van der Waals surface area (Å²) in [5.41, 5.74) is -1.81. The van der Waals surface area contributed by atoms with Gasteiger partial charge in [0.15, 0.2) is 5.78 Å². The number of Topliss-reactive ketones (excluding diaryl/α,β-unsaturated/α-hetero) is 1. The number of rotatable bonds is 0. The summed E-state index contributed by atoms with van der Waals surface area (Å²) >= 11 is 0. The molecule has 0 bridgehead atoms. The largest absolute Gasteiger partial charge is 0.382 e. The van der Waals surface area contributed by atoms with Crippen LogP contribution in [0, 0.1) is 10.8 Å². The van der Waals surface area contributed by atoms with Gasteiger partial charge < -0.3 is 5.11 Å². The normalized spacial score (nSPS) is 33.8. The van der Waals surface area contributed by atoms with Crippen molar-refractivity contribution in [2.24, 2.45) is 10.8 Å². The van der Waals surface area contributed by atoms with Crippen LogP contribution in [0.4, 0.5) is 0 Å². The standard InChI is InChI=1S/C11H20O2/c1-9(2,3)11(13)7-6-10(4,5)8(11)12/h13H,6-7H2,1-5H3. The van der Waals surface area contributed by atoms with Crippen molar-refractivity contribution in [3.8, 4) is 0 Å². The third kappa shape index (κ3) is 1.41. The maximum absolute atomic E-state index is 11.9. The van der Waals surface area contributed by atoms with E-state index in [1.165, 1.54) is 0 Å². The fourth-order valence-corrected chi connectivity index (χ4v) is 2.00. The van der Waals surface area contributed by atoms with Crippen molar-refractivity contribution in [2.45, 2.75) is 53.1 Å². The van der Waals surface area contributed by atoms with Crippen LogP contribution in [0.1, 0.15) is 47.5 Å². The van der Waals surface area contributed by atoms with Crippen molar-refractivity contribution in [3.63, 3.8) is 0 Å². The van der Waals surface area contributed by atoms with Gasteiger partial charge in [0.05, 0.1) is 0 Å². The van der Waals surface area contributed by atoms with E-state index in [1.807, 2.05) is 34.6 Å². The monoisotopic (exact) mass is 184 g/mol. The van der Waals surface area contributed by atoms with Crippen molar-refractivity contribution in [2.75, 3.05) is 0 Å². The lowest BCUT2D eigenvalue weighted by atomic mass is 9.72. The summed E-state index contributed by atoms with van der Waals surface area (Å²) in [4.78, 5) is 11.9. The fraction of sp³-hybridized carbons (Fsp3) is 0.909. The first kappa shape index (κ1) is 10.7. The van der Waals surface area contributed by atoms with Crippen molar-refractivity contribution < 1.29 is 9.90 Å². The van der Waals surface area contributed by atoms with Gasteiger partial charge in [-0.25, -0.2) is 0 Å². The van der Waals surface area contributed by atoms with Gasteiger partial charge >= 0.3 is 0 Å². The Bertz CT molecular complexity index is 235. The Balaban J connectivity index is 3.05. The molecule has 2 heteroatoms. The number of hydrogen-bond acceptors (Lipinski definition) is 2. The number of hydrogen-bond donors (Lipinski definition) is 1. The average Bonchev–Trinajstić information content (AvgIpc) is 2.14. The quantitative estimate of drug-likeness (QED) is 0.626. The first-order valence-electron chi connectivity index (χ1n) is 4.88. The van der Waals surface area contributed by atoms with Gasteiger partial charge in [0.1, 0.15) is 5.60 Å². The van der Waals surface area contributed by atoms with Crippen molar-refractivity contribution in [1.29, 1.82) is 0 Å². The molecule has 1 aliphatic carbocycles. The van der Waals surface area contributed by atoms with E-state index in [2.05, 4.69) is 0 Å². The fourth-order valence-electron chi connectivity index (χ4n) is 2.00. The molecule has 0 saturated heterocycles. The Morgan fingerprint density at radius 2 is 1.69 bits per heavy atom. The molecule has 1 unspecified atom stereocenters. The minimum atomic E-state index is -1.11. The minimum absolute atomic E-state index is 0.00694. The first-order chi connectivity index (χ1) is 5.61. The highest BCUT2D eigenvalue weighted by Gasteiger charge is 2.56. The summed E-state index contributed by atoms with van der Waals surface area (Å²) in [7, 11) is 0. The van der Waals surface area contributed by atoms with Crippen LogP contribution < -0.4 is 0 Å². The molecule has 2 nitrogen and oxygen atoms in total. The van der Waals surface area contributed by atoms with Gasteiger partial charge in [-0.2, -0.15) is 0 Å². The molecule has 0 radical (unpaired) electrons. The van der Waals surface area contributed by atoms with E-state index in [9.17, 15) is 9.90 Å². The smallest absolute Gasteiger partial charge is 0.170 e. The van der Waals surface area contributed by atoms with Gasteiger partial charge in [0.2, 0.25) is 0 Å². The minimum Gasteiger partial charge on any atom is -0.382 e. The topological polar surface area (TPSA) is 37.3 Å². The highest BCUT2D eigenvalue weighted by atomic mass is 16.3. The molecule has 1 fully saturated rings. The molecule has 76 valence electrons. The zero-order valence-electron chi connectivity index (χ0n) is 9.27.